The number of Topliss-reactive ketones (excluding diaryl/α,β-unsaturated/α-hetero) is 1. The largest absolute Gasteiger partial charge is 0.497 e. The molecule has 0 amide bonds. The molecule has 2 aromatic rings. The van der Waals surface area contributed by atoms with Crippen molar-refractivity contribution in [3.05, 3.63) is 81.9 Å². The van der Waals surface area contributed by atoms with E-state index in [1.807, 2.05) is 0 Å². The standard InChI is InChI=1S/C27H28N2O7S/c1-14(31)20-21(15-8-10-17(35-2)11-9-15)18(12-28)27(37)29(22(20)16-6-4-3-5-7-16)26-25(34)24(33)23(32)19(13-30)36-26/h3-11,19,21,23-26,30,32-34,37H,13H2,1-2H3/t19-,21+,23+,24+,25+,26+/m0/s1. The third-order valence-corrected chi connectivity index (χ3v) is 7.12. The monoisotopic (exact) mass is 524 g/mol. The van der Waals surface area contributed by atoms with Crippen LogP contribution in [0, 0.1) is 11.3 Å². The molecular weight excluding hydrogens is 496 g/mol. The third-order valence-electron chi connectivity index (χ3n) is 6.66. The minimum atomic E-state index is -1.67. The number of carbonyl (C=O) groups excluding carboxylic acids is 1. The van der Waals surface area contributed by atoms with Crippen LogP contribution in [0.15, 0.2) is 70.8 Å². The molecule has 4 rings (SSSR count). The summed E-state index contributed by atoms with van der Waals surface area (Å²) >= 11 is 4.68. The van der Waals surface area contributed by atoms with Crippen molar-refractivity contribution in [1.29, 1.82) is 5.26 Å². The van der Waals surface area contributed by atoms with Crippen LogP contribution in [-0.4, -0.2) is 75.5 Å². The number of methoxy groups -OCH3 is 1. The van der Waals surface area contributed by atoms with E-state index in [2.05, 4.69) is 18.7 Å². The van der Waals surface area contributed by atoms with Crippen LogP contribution in [0.3, 0.4) is 0 Å². The lowest BCUT2D eigenvalue weighted by molar-refractivity contribution is -0.252. The number of nitrogens with zero attached hydrogens (tertiary/aromatic N) is 2. The maximum absolute atomic E-state index is 13.3. The molecule has 6 atom stereocenters. The first-order chi connectivity index (χ1) is 17.7. The van der Waals surface area contributed by atoms with E-state index in [4.69, 9.17) is 9.47 Å². The zero-order valence-electron chi connectivity index (χ0n) is 20.2. The highest BCUT2D eigenvalue weighted by Crippen LogP contribution is 2.48. The highest BCUT2D eigenvalue weighted by molar-refractivity contribution is 7.84. The number of ether oxygens (including phenoxy) is 2. The van der Waals surface area contributed by atoms with Crippen molar-refractivity contribution in [2.75, 3.05) is 13.7 Å². The van der Waals surface area contributed by atoms with Gasteiger partial charge < -0.3 is 34.8 Å². The Hall–Kier alpha value is -3.17. The van der Waals surface area contributed by atoms with Crippen LogP contribution < -0.4 is 4.74 Å². The van der Waals surface area contributed by atoms with E-state index in [1.54, 1.807) is 54.6 Å². The van der Waals surface area contributed by atoms with Crippen LogP contribution in [-0.2, 0) is 9.53 Å². The van der Waals surface area contributed by atoms with E-state index >= 15 is 0 Å². The fourth-order valence-electron chi connectivity index (χ4n) is 4.82. The molecule has 1 saturated heterocycles. The predicted octanol–water partition coefficient (Wildman–Crippen LogP) is 1.56. The van der Waals surface area contributed by atoms with Crippen LogP contribution in [0.4, 0.5) is 0 Å². The van der Waals surface area contributed by atoms with Gasteiger partial charge in [-0.25, -0.2) is 0 Å². The Bertz CT molecular complexity index is 1250. The molecule has 0 unspecified atom stereocenters. The fourth-order valence-corrected chi connectivity index (χ4v) is 5.22. The van der Waals surface area contributed by atoms with Gasteiger partial charge in [-0.15, -0.1) is 12.6 Å². The summed E-state index contributed by atoms with van der Waals surface area (Å²) in [5, 5.41) is 51.9. The van der Waals surface area contributed by atoms with Gasteiger partial charge in [-0.1, -0.05) is 42.5 Å². The second kappa shape index (κ2) is 11.1. The first kappa shape index (κ1) is 26.9. The highest BCUT2D eigenvalue weighted by Gasteiger charge is 2.49. The van der Waals surface area contributed by atoms with E-state index < -0.39 is 43.2 Å². The molecule has 2 aromatic carbocycles. The van der Waals surface area contributed by atoms with Gasteiger partial charge in [0.2, 0.25) is 0 Å². The summed E-state index contributed by atoms with van der Waals surface area (Å²) in [4.78, 5) is 14.7. The molecule has 194 valence electrons. The summed E-state index contributed by atoms with van der Waals surface area (Å²) < 4.78 is 11.1. The Balaban J connectivity index is 2.00. The van der Waals surface area contributed by atoms with Gasteiger partial charge in [0.25, 0.3) is 0 Å². The molecule has 0 saturated carbocycles. The predicted molar refractivity (Wildman–Crippen MR) is 137 cm³/mol. The lowest BCUT2D eigenvalue weighted by Crippen LogP contribution is -2.62. The summed E-state index contributed by atoms with van der Waals surface area (Å²) in [7, 11) is 1.54. The van der Waals surface area contributed by atoms with Crippen molar-refractivity contribution in [2.45, 2.75) is 43.5 Å². The quantitative estimate of drug-likeness (QED) is 0.356. The van der Waals surface area contributed by atoms with Gasteiger partial charge in [-0.05, 0) is 30.2 Å². The molecule has 0 aromatic heterocycles. The normalized spacial score (nSPS) is 28.2. The van der Waals surface area contributed by atoms with E-state index in [0.717, 1.165) is 0 Å². The second-order valence-electron chi connectivity index (χ2n) is 8.83. The molecule has 0 bridgehead atoms. The number of nitriles is 1. The Kier molecular flexibility index (Phi) is 8.04. The minimum absolute atomic E-state index is 0.0940. The summed E-state index contributed by atoms with van der Waals surface area (Å²) in [5.41, 5.74) is 1.92. The molecule has 1 fully saturated rings. The van der Waals surface area contributed by atoms with Crippen LogP contribution >= 0.6 is 12.6 Å². The van der Waals surface area contributed by atoms with Crippen molar-refractivity contribution in [2.24, 2.45) is 0 Å². The van der Waals surface area contributed by atoms with Crippen molar-refractivity contribution in [3.8, 4) is 11.8 Å². The van der Waals surface area contributed by atoms with Crippen LogP contribution in [0.5, 0.6) is 5.75 Å². The Morgan fingerprint density at radius 1 is 1.08 bits per heavy atom. The van der Waals surface area contributed by atoms with E-state index in [9.17, 15) is 30.5 Å². The summed E-state index contributed by atoms with van der Waals surface area (Å²) in [6.07, 6.45) is -7.49. The van der Waals surface area contributed by atoms with Crippen LogP contribution in [0.2, 0.25) is 0 Å². The molecule has 10 heteroatoms. The first-order valence-corrected chi connectivity index (χ1v) is 12.1. The van der Waals surface area contributed by atoms with E-state index in [0.29, 0.717) is 22.6 Å². The Labute approximate surface area is 219 Å². The summed E-state index contributed by atoms with van der Waals surface area (Å²) in [6, 6.07) is 18.0. The van der Waals surface area contributed by atoms with E-state index in [-0.39, 0.29) is 22.0 Å². The van der Waals surface area contributed by atoms with Gasteiger partial charge >= 0.3 is 0 Å². The van der Waals surface area contributed by atoms with Crippen molar-refractivity contribution in [3.63, 3.8) is 0 Å². The molecule has 0 radical (unpaired) electrons. The Morgan fingerprint density at radius 2 is 1.73 bits per heavy atom. The zero-order chi connectivity index (χ0) is 26.9. The Morgan fingerprint density at radius 3 is 2.27 bits per heavy atom. The topological polar surface area (TPSA) is 143 Å². The molecule has 0 spiro atoms. The van der Waals surface area contributed by atoms with Crippen LogP contribution in [0.1, 0.15) is 24.0 Å². The van der Waals surface area contributed by atoms with Gasteiger partial charge in [0.05, 0.1) is 42.0 Å². The number of rotatable bonds is 6. The number of hydrogen-bond acceptors (Lipinski definition) is 10. The lowest BCUT2D eigenvalue weighted by Gasteiger charge is -2.48. The number of thiol groups is 1. The molecule has 4 N–H and O–H groups in total. The van der Waals surface area contributed by atoms with Crippen molar-refractivity contribution < 1.29 is 34.7 Å². The number of aliphatic hydroxyl groups excluding tert-OH is 4. The zero-order valence-corrected chi connectivity index (χ0v) is 21.1. The van der Waals surface area contributed by atoms with Gasteiger partial charge in [-0.3, -0.25) is 4.79 Å². The highest BCUT2D eigenvalue weighted by atomic mass is 32.1. The number of carbonyl (C=O) groups is 1. The van der Waals surface area contributed by atoms with Crippen molar-refractivity contribution >= 4 is 24.1 Å². The van der Waals surface area contributed by atoms with Gasteiger partial charge in [0.1, 0.15) is 30.2 Å². The number of hydrogen-bond donors (Lipinski definition) is 5. The molecule has 9 nitrogen and oxygen atoms in total. The molecular formula is C27H28N2O7S. The minimum Gasteiger partial charge on any atom is -0.497 e. The van der Waals surface area contributed by atoms with E-state index in [1.165, 1.54) is 18.9 Å². The maximum atomic E-state index is 13.3. The lowest BCUT2D eigenvalue weighted by atomic mass is 9.78. The number of allylic oxidation sites excluding steroid dienone is 2. The van der Waals surface area contributed by atoms with Gasteiger partial charge in [0, 0.05) is 5.57 Å². The number of benzene rings is 2. The number of aliphatic hydroxyl groups is 4. The maximum Gasteiger partial charge on any atom is 0.164 e. The molecule has 2 heterocycles. The van der Waals surface area contributed by atoms with Crippen molar-refractivity contribution in [1.82, 2.24) is 4.90 Å². The summed E-state index contributed by atoms with van der Waals surface area (Å²) in [5.74, 6) is -0.521. The molecule has 0 aliphatic carbocycles. The smallest absolute Gasteiger partial charge is 0.164 e. The molecule has 2 aliphatic heterocycles. The average Bonchev–Trinajstić information content (AvgIpc) is 2.92. The SMILES string of the molecule is COc1ccc([C@@H]2C(C#N)=C(S)N([C@@H]3O[C@@H](CO)[C@@H](O)[C@@H](O)[C@H]3O)C(c3ccccc3)=C2C(C)=O)cc1. The second-order valence-corrected chi connectivity index (χ2v) is 9.25. The average molecular weight is 525 g/mol. The fraction of sp³-hybridized carbons (Fsp3) is 0.333. The molecule has 37 heavy (non-hydrogen) atoms. The third kappa shape index (κ3) is 4.78. The van der Waals surface area contributed by atoms with Gasteiger partial charge in [0.15, 0.2) is 12.0 Å². The van der Waals surface area contributed by atoms with Crippen LogP contribution in [0.25, 0.3) is 5.70 Å². The van der Waals surface area contributed by atoms with Gasteiger partial charge in [-0.2, -0.15) is 5.26 Å². The molecule has 2 aliphatic rings. The summed E-state index contributed by atoms with van der Waals surface area (Å²) in [6.45, 7) is 0.753. The first-order valence-electron chi connectivity index (χ1n) is 11.6. The number of ketones is 1.